The molecule has 0 atom stereocenters. The minimum atomic E-state index is -0.212. The smallest absolute Gasteiger partial charge is 0.262 e. The van der Waals surface area contributed by atoms with Gasteiger partial charge in [-0.05, 0) is 54.3 Å². The Kier molecular flexibility index (Phi) is 5.04. The van der Waals surface area contributed by atoms with Gasteiger partial charge in [0.25, 0.3) is 5.91 Å². The van der Waals surface area contributed by atoms with Crippen molar-refractivity contribution in [3.63, 3.8) is 0 Å². The minimum absolute atomic E-state index is 0.0325. The monoisotopic (exact) mass is 298 g/mol. The Morgan fingerprint density at radius 3 is 2.64 bits per heavy atom. The highest BCUT2D eigenvalue weighted by atomic mass is 16.5. The molecule has 3 N–H and O–H groups in total. The van der Waals surface area contributed by atoms with Crippen molar-refractivity contribution in [1.82, 2.24) is 0 Å². The van der Waals surface area contributed by atoms with Crippen molar-refractivity contribution in [1.29, 1.82) is 0 Å². The van der Waals surface area contributed by atoms with E-state index in [0.29, 0.717) is 23.0 Å². The first kappa shape index (κ1) is 15.9. The fourth-order valence-electron chi connectivity index (χ4n) is 2.35. The van der Waals surface area contributed by atoms with Gasteiger partial charge in [-0.25, -0.2) is 0 Å². The molecule has 0 saturated heterocycles. The van der Waals surface area contributed by atoms with E-state index in [-0.39, 0.29) is 12.5 Å². The van der Waals surface area contributed by atoms with Gasteiger partial charge in [0.05, 0.1) is 0 Å². The summed E-state index contributed by atoms with van der Waals surface area (Å²) in [4.78, 5) is 11.9. The number of aryl methyl sites for hydroxylation is 1. The van der Waals surface area contributed by atoms with Crippen LogP contribution in [0.4, 0.5) is 11.4 Å². The highest BCUT2D eigenvalue weighted by Gasteiger charge is 2.07. The summed E-state index contributed by atoms with van der Waals surface area (Å²) in [6.07, 6.45) is 0. The van der Waals surface area contributed by atoms with Crippen molar-refractivity contribution in [2.45, 2.75) is 26.7 Å². The summed E-state index contributed by atoms with van der Waals surface area (Å²) in [5, 5.41) is 2.75. The molecule has 0 heterocycles. The lowest BCUT2D eigenvalue weighted by molar-refractivity contribution is -0.118. The largest absolute Gasteiger partial charge is 0.484 e. The number of carbonyl (C=O) groups is 1. The number of hydrogen-bond acceptors (Lipinski definition) is 3. The first-order chi connectivity index (χ1) is 10.5. The zero-order chi connectivity index (χ0) is 16.1. The molecule has 22 heavy (non-hydrogen) atoms. The van der Waals surface area contributed by atoms with Crippen LogP contribution >= 0.6 is 0 Å². The topological polar surface area (TPSA) is 64.3 Å². The summed E-state index contributed by atoms with van der Waals surface area (Å²) >= 11 is 0. The van der Waals surface area contributed by atoms with Gasteiger partial charge in [-0.1, -0.05) is 26.0 Å². The summed E-state index contributed by atoms with van der Waals surface area (Å²) in [5.74, 6) is 0.960. The highest BCUT2D eigenvalue weighted by molar-refractivity contribution is 5.92. The number of amides is 1. The van der Waals surface area contributed by atoms with E-state index in [9.17, 15) is 4.79 Å². The van der Waals surface area contributed by atoms with Crippen molar-refractivity contribution in [3.05, 3.63) is 53.6 Å². The molecule has 0 aromatic heterocycles. The van der Waals surface area contributed by atoms with Gasteiger partial charge in [0.2, 0.25) is 0 Å². The maximum atomic E-state index is 11.9. The van der Waals surface area contributed by atoms with Gasteiger partial charge >= 0.3 is 0 Å². The van der Waals surface area contributed by atoms with Crippen LogP contribution in [0.1, 0.15) is 30.9 Å². The van der Waals surface area contributed by atoms with E-state index in [1.165, 1.54) is 11.1 Å². The fraction of sp³-hybridized carbons (Fsp3) is 0.278. The lowest BCUT2D eigenvalue weighted by Gasteiger charge is -2.12. The van der Waals surface area contributed by atoms with Gasteiger partial charge < -0.3 is 15.8 Å². The van der Waals surface area contributed by atoms with Gasteiger partial charge in [-0.3, -0.25) is 4.79 Å². The number of nitrogens with two attached hydrogens (primary N) is 1. The first-order valence-corrected chi connectivity index (χ1v) is 7.34. The molecule has 116 valence electrons. The number of carbonyl (C=O) groups excluding carboxylic acids is 1. The van der Waals surface area contributed by atoms with Crippen molar-refractivity contribution >= 4 is 17.3 Å². The normalized spacial score (nSPS) is 10.5. The van der Waals surface area contributed by atoms with E-state index < -0.39 is 0 Å². The molecular weight excluding hydrogens is 276 g/mol. The quantitative estimate of drug-likeness (QED) is 0.827. The van der Waals surface area contributed by atoms with Crippen molar-refractivity contribution in [3.8, 4) is 5.75 Å². The molecule has 0 aliphatic heterocycles. The number of rotatable bonds is 5. The Morgan fingerprint density at radius 2 is 2.00 bits per heavy atom. The number of benzene rings is 2. The highest BCUT2D eigenvalue weighted by Crippen LogP contribution is 2.23. The molecule has 2 aromatic rings. The maximum Gasteiger partial charge on any atom is 0.262 e. The van der Waals surface area contributed by atoms with Crippen molar-refractivity contribution in [2.24, 2.45) is 0 Å². The van der Waals surface area contributed by atoms with Crippen LogP contribution in [0, 0.1) is 6.92 Å². The average molecular weight is 298 g/mol. The lowest BCUT2D eigenvalue weighted by atomic mass is 9.98. The van der Waals surface area contributed by atoms with Gasteiger partial charge in [-0.2, -0.15) is 0 Å². The van der Waals surface area contributed by atoms with E-state index in [1.807, 2.05) is 18.2 Å². The van der Waals surface area contributed by atoms with Gasteiger partial charge in [0.1, 0.15) is 5.75 Å². The second-order valence-electron chi connectivity index (χ2n) is 5.64. The Hall–Kier alpha value is -2.49. The molecular formula is C18H22N2O2. The Balaban J connectivity index is 1.92. The van der Waals surface area contributed by atoms with Crippen LogP contribution in [0.25, 0.3) is 0 Å². The van der Waals surface area contributed by atoms with E-state index in [2.05, 4.69) is 26.1 Å². The van der Waals surface area contributed by atoms with Crippen LogP contribution in [0.3, 0.4) is 0 Å². The molecule has 2 rings (SSSR count). The number of ether oxygens (including phenoxy) is 1. The number of anilines is 2. The maximum absolute atomic E-state index is 11.9. The third-order valence-corrected chi connectivity index (χ3v) is 3.40. The van der Waals surface area contributed by atoms with E-state index >= 15 is 0 Å². The Labute approximate surface area is 131 Å². The summed E-state index contributed by atoms with van der Waals surface area (Å²) in [6.45, 7) is 6.33. The number of hydrogen-bond donors (Lipinski definition) is 2. The van der Waals surface area contributed by atoms with Crippen molar-refractivity contribution < 1.29 is 9.53 Å². The second-order valence-corrected chi connectivity index (χ2v) is 5.64. The Bertz CT molecular complexity index is 666. The van der Waals surface area contributed by atoms with Gasteiger partial charge in [-0.15, -0.1) is 0 Å². The molecule has 0 spiro atoms. The van der Waals surface area contributed by atoms with Crippen LogP contribution < -0.4 is 15.8 Å². The second kappa shape index (κ2) is 6.98. The van der Waals surface area contributed by atoms with E-state index in [1.54, 1.807) is 24.3 Å². The molecule has 0 radical (unpaired) electrons. The summed E-state index contributed by atoms with van der Waals surface area (Å²) < 4.78 is 5.54. The number of nitrogens with one attached hydrogen (secondary N) is 1. The lowest BCUT2D eigenvalue weighted by Crippen LogP contribution is -2.20. The zero-order valence-corrected chi connectivity index (χ0v) is 13.2. The fourth-order valence-corrected chi connectivity index (χ4v) is 2.35. The molecule has 2 aromatic carbocycles. The summed E-state index contributed by atoms with van der Waals surface area (Å²) in [5.41, 5.74) is 9.41. The van der Waals surface area contributed by atoms with E-state index in [0.717, 1.165) is 0 Å². The third-order valence-electron chi connectivity index (χ3n) is 3.40. The first-order valence-electron chi connectivity index (χ1n) is 7.34. The molecule has 0 aliphatic carbocycles. The predicted octanol–water partition coefficient (Wildman–Crippen LogP) is 3.72. The molecule has 1 amide bonds. The SMILES string of the molecule is Cc1cc(OCC(=O)Nc2cccc(N)c2)ccc1C(C)C. The van der Waals surface area contributed by atoms with Crippen LogP contribution in [-0.4, -0.2) is 12.5 Å². The molecule has 0 bridgehead atoms. The average Bonchev–Trinajstić information content (AvgIpc) is 2.45. The third kappa shape index (κ3) is 4.25. The minimum Gasteiger partial charge on any atom is -0.484 e. The van der Waals surface area contributed by atoms with Crippen LogP contribution in [0.2, 0.25) is 0 Å². The summed E-state index contributed by atoms with van der Waals surface area (Å²) in [7, 11) is 0. The molecule has 0 unspecified atom stereocenters. The van der Waals surface area contributed by atoms with Gasteiger partial charge in [0.15, 0.2) is 6.61 Å². The van der Waals surface area contributed by atoms with Crippen molar-refractivity contribution in [2.75, 3.05) is 17.7 Å². The van der Waals surface area contributed by atoms with Crippen LogP contribution in [-0.2, 0) is 4.79 Å². The predicted molar refractivity (Wildman–Crippen MR) is 90.2 cm³/mol. The summed E-state index contributed by atoms with van der Waals surface area (Å²) in [6, 6.07) is 13.0. The number of nitrogen functional groups attached to an aromatic ring is 1. The zero-order valence-electron chi connectivity index (χ0n) is 13.2. The van der Waals surface area contributed by atoms with Crippen LogP contribution in [0.15, 0.2) is 42.5 Å². The van der Waals surface area contributed by atoms with Gasteiger partial charge in [0, 0.05) is 11.4 Å². The molecule has 0 saturated carbocycles. The molecule has 4 heteroatoms. The van der Waals surface area contributed by atoms with E-state index in [4.69, 9.17) is 10.5 Å². The molecule has 0 fully saturated rings. The van der Waals surface area contributed by atoms with Crippen LogP contribution in [0.5, 0.6) is 5.75 Å². The Morgan fingerprint density at radius 1 is 1.23 bits per heavy atom. The standard InChI is InChI=1S/C18H22N2O2/c1-12(2)17-8-7-16(9-13(17)3)22-11-18(21)20-15-6-4-5-14(19)10-15/h4-10,12H,11,19H2,1-3H3,(H,20,21). The molecule has 0 aliphatic rings. The molecule has 4 nitrogen and oxygen atoms in total.